The highest BCUT2D eigenvalue weighted by Crippen LogP contribution is 2.37. The summed E-state index contributed by atoms with van der Waals surface area (Å²) >= 11 is 1.06. The molecule has 0 spiro atoms. The molecule has 0 unspecified atom stereocenters. The molecule has 7 nitrogen and oxygen atoms in total. The molecule has 0 bridgehead atoms. The molecule has 1 aliphatic rings. The van der Waals surface area contributed by atoms with Gasteiger partial charge in [-0.2, -0.15) is 0 Å². The van der Waals surface area contributed by atoms with E-state index in [0.717, 1.165) is 24.2 Å². The average molecular weight is 313 g/mol. The van der Waals surface area contributed by atoms with Gasteiger partial charge in [0.1, 0.15) is 15.4 Å². The van der Waals surface area contributed by atoms with Crippen LogP contribution in [0.2, 0.25) is 0 Å². The molecule has 1 saturated carbocycles. The van der Waals surface area contributed by atoms with Crippen LogP contribution in [0.1, 0.15) is 45.7 Å². The van der Waals surface area contributed by atoms with Crippen LogP contribution in [0.4, 0.5) is 10.7 Å². The van der Waals surface area contributed by atoms with E-state index < -0.39 is 11.9 Å². The van der Waals surface area contributed by atoms with E-state index in [4.69, 9.17) is 16.2 Å². The average Bonchev–Trinajstić information content (AvgIpc) is 2.77. The zero-order chi connectivity index (χ0) is 15.6. The molecule has 116 valence electrons. The number of carbonyl (C=O) groups is 2. The molecule has 1 aromatic rings. The highest BCUT2D eigenvalue weighted by Gasteiger charge is 2.27. The molecule has 21 heavy (non-hydrogen) atoms. The summed E-state index contributed by atoms with van der Waals surface area (Å²) in [5.74, 6) is -1.27. The summed E-state index contributed by atoms with van der Waals surface area (Å²) in [6, 6.07) is 0.121. The fourth-order valence-electron chi connectivity index (χ4n) is 2.44. The maximum Gasteiger partial charge on any atom is 0.343 e. The van der Waals surface area contributed by atoms with Gasteiger partial charge in [-0.05, 0) is 25.7 Å². The van der Waals surface area contributed by atoms with E-state index in [0.29, 0.717) is 17.8 Å². The van der Waals surface area contributed by atoms with Gasteiger partial charge < -0.3 is 26.6 Å². The van der Waals surface area contributed by atoms with Gasteiger partial charge in [-0.15, -0.1) is 11.3 Å². The van der Waals surface area contributed by atoms with E-state index in [-0.39, 0.29) is 28.3 Å². The third kappa shape index (κ3) is 3.27. The molecule has 0 radical (unpaired) electrons. The van der Waals surface area contributed by atoms with Crippen LogP contribution < -0.4 is 16.8 Å². The minimum atomic E-state index is -0.672. The molecule has 0 aliphatic heterocycles. The van der Waals surface area contributed by atoms with Crippen molar-refractivity contribution >= 4 is 33.9 Å². The number of rotatable bonds is 4. The lowest BCUT2D eigenvalue weighted by atomic mass is 9.93. The lowest BCUT2D eigenvalue weighted by Crippen LogP contribution is -2.28. The van der Waals surface area contributed by atoms with Crippen molar-refractivity contribution < 1.29 is 19.4 Å². The van der Waals surface area contributed by atoms with E-state index in [2.05, 4.69) is 5.32 Å². The highest BCUT2D eigenvalue weighted by atomic mass is 32.1. The molecule has 0 atom stereocenters. The molecule has 0 aromatic carbocycles. The molecule has 8 heteroatoms. The Kier molecular flexibility index (Phi) is 4.69. The predicted molar refractivity (Wildman–Crippen MR) is 80.5 cm³/mol. The van der Waals surface area contributed by atoms with Crippen LogP contribution in [0.5, 0.6) is 0 Å². The van der Waals surface area contributed by atoms with E-state index >= 15 is 0 Å². The van der Waals surface area contributed by atoms with Gasteiger partial charge in [0.15, 0.2) is 0 Å². The van der Waals surface area contributed by atoms with Crippen molar-refractivity contribution in [3.63, 3.8) is 0 Å². The SMILES string of the molecule is COC(=O)c1c(NC2CCC(O)CC2)sc(C(N)=O)c1N. The number of aliphatic hydroxyl groups is 1. The van der Waals surface area contributed by atoms with E-state index in [1.165, 1.54) is 7.11 Å². The molecule has 1 amide bonds. The number of methoxy groups -OCH3 is 1. The van der Waals surface area contributed by atoms with Crippen LogP contribution in [0, 0.1) is 0 Å². The molecule has 1 fully saturated rings. The van der Waals surface area contributed by atoms with Crippen molar-refractivity contribution in [1.29, 1.82) is 0 Å². The predicted octanol–water partition coefficient (Wildman–Crippen LogP) is 0.931. The number of primary amides is 1. The minimum Gasteiger partial charge on any atom is -0.465 e. The Morgan fingerprint density at radius 1 is 1.33 bits per heavy atom. The fraction of sp³-hybridized carbons (Fsp3) is 0.538. The van der Waals surface area contributed by atoms with Crippen LogP contribution in [0.15, 0.2) is 0 Å². The Balaban J connectivity index is 2.27. The Morgan fingerprint density at radius 2 is 1.95 bits per heavy atom. The van der Waals surface area contributed by atoms with E-state index in [1.807, 2.05) is 0 Å². The molecule has 2 rings (SSSR count). The van der Waals surface area contributed by atoms with Crippen molar-refractivity contribution in [1.82, 2.24) is 0 Å². The van der Waals surface area contributed by atoms with Crippen LogP contribution in [0.25, 0.3) is 0 Å². The van der Waals surface area contributed by atoms with Crippen LogP contribution in [0.3, 0.4) is 0 Å². The number of thiophene rings is 1. The number of nitrogen functional groups attached to an aromatic ring is 1. The number of nitrogens with two attached hydrogens (primary N) is 2. The third-order valence-corrected chi connectivity index (χ3v) is 4.74. The van der Waals surface area contributed by atoms with Crippen molar-refractivity contribution in [2.24, 2.45) is 5.73 Å². The van der Waals surface area contributed by atoms with Gasteiger partial charge in [0.25, 0.3) is 5.91 Å². The normalized spacial score (nSPS) is 21.8. The second kappa shape index (κ2) is 6.31. The minimum absolute atomic E-state index is 0.0534. The molecule has 6 N–H and O–H groups in total. The summed E-state index contributed by atoms with van der Waals surface area (Å²) in [5.41, 5.74) is 11.3. The van der Waals surface area contributed by atoms with Gasteiger partial charge in [-0.1, -0.05) is 0 Å². The monoisotopic (exact) mass is 313 g/mol. The second-order valence-electron chi connectivity index (χ2n) is 5.05. The largest absolute Gasteiger partial charge is 0.465 e. The summed E-state index contributed by atoms with van der Waals surface area (Å²) < 4.78 is 4.71. The van der Waals surface area contributed by atoms with Crippen molar-refractivity contribution in [3.05, 3.63) is 10.4 Å². The molecular weight excluding hydrogens is 294 g/mol. The van der Waals surface area contributed by atoms with Crippen molar-refractivity contribution in [2.45, 2.75) is 37.8 Å². The first-order valence-corrected chi connectivity index (χ1v) is 7.50. The second-order valence-corrected chi connectivity index (χ2v) is 6.08. The fourth-order valence-corrected chi connectivity index (χ4v) is 3.48. The Labute approximate surface area is 126 Å². The summed E-state index contributed by atoms with van der Waals surface area (Å²) in [7, 11) is 1.25. The quantitative estimate of drug-likeness (QED) is 0.612. The first kappa shape index (κ1) is 15.6. The number of amides is 1. The molecular formula is C13H19N3O4S. The molecule has 1 aliphatic carbocycles. The van der Waals surface area contributed by atoms with Crippen molar-refractivity contribution in [2.75, 3.05) is 18.2 Å². The number of esters is 1. The smallest absolute Gasteiger partial charge is 0.343 e. The zero-order valence-electron chi connectivity index (χ0n) is 11.7. The number of nitrogens with one attached hydrogen (secondary N) is 1. The standard InChI is InChI=1S/C13H19N3O4S/c1-20-13(19)8-9(14)10(11(15)18)21-12(8)16-6-2-4-7(17)5-3-6/h6-7,16-17H,2-5,14H2,1H3,(H2,15,18). The van der Waals surface area contributed by atoms with Gasteiger partial charge >= 0.3 is 5.97 Å². The molecule has 1 heterocycles. The number of hydrogen-bond acceptors (Lipinski definition) is 7. The number of hydrogen-bond donors (Lipinski definition) is 4. The zero-order valence-corrected chi connectivity index (χ0v) is 12.5. The van der Waals surface area contributed by atoms with Crippen molar-refractivity contribution in [3.8, 4) is 0 Å². The van der Waals surface area contributed by atoms with Crippen LogP contribution >= 0.6 is 11.3 Å². The third-order valence-electron chi connectivity index (χ3n) is 3.59. The van der Waals surface area contributed by atoms with Gasteiger partial charge in [-0.25, -0.2) is 4.79 Å². The Morgan fingerprint density at radius 3 is 2.48 bits per heavy atom. The van der Waals surface area contributed by atoms with Crippen LogP contribution in [-0.4, -0.2) is 36.2 Å². The summed E-state index contributed by atoms with van der Waals surface area (Å²) in [5, 5.41) is 13.2. The number of carbonyl (C=O) groups excluding carboxylic acids is 2. The molecule has 0 saturated heterocycles. The Hall–Kier alpha value is -1.80. The maximum atomic E-state index is 11.9. The Bertz CT molecular complexity index is 550. The molecule has 1 aromatic heterocycles. The topological polar surface area (TPSA) is 128 Å². The highest BCUT2D eigenvalue weighted by molar-refractivity contribution is 7.19. The number of ether oxygens (including phenoxy) is 1. The van der Waals surface area contributed by atoms with Gasteiger partial charge in [-0.3, -0.25) is 4.79 Å². The summed E-state index contributed by atoms with van der Waals surface area (Å²) in [6.07, 6.45) is 2.71. The number of anilines is 2. The maximum absolute atomic E-state index is 11.9. The van der Waals surface area contributed by atoms with E-state index in [9.17, 15) is 14.7 Å². The van der Waals surface area contributed by atoms with Crippen LogP contribution in [-0.2, 0) is 4.74 Å². The summed E-state index contributed by atoms with van der Waals surface area (Å²) in [4.78, 5) is 23.4. The van der Waals surface area contributed by atoms with Gasteiger partial charge in [0, 0.05) is 6.04 Å². The first-order valence-electron chi connectivity index (χ1n) is 6.69. The van der Waals surface area contributed by atoms with E-state index in [1.54, 1.807) is 0 Å². The summed E-state index contributed by atoms with van der Waals surface area (Å²) in [6.45, 7) is 0. The first-order chi connectivity index (χ1) is 9.93. The lowest BCUT2D eigenvalue weighted by molar-refractivity contribution is 0.0603. The number of aliphatic hydroxyl groups excluding tert-OH is 1. The van der Waals surface area contributed by atoms with Gasteiger partial charge in [0.2, 0.25) is 0 Å². The van der Waals surface area contributed by atoms with Gasteiger partial charge in [0.05, 0.1) is 18.9 Å². The lowest BCUT2D eigenvalue weighted by Gasteiger charge is -2.26.